The minimum absolute atomic E-state index is 0.619. The van der Waals surface area contributed by atoms with Gasteiger partial charge in [0.1, 0.15) is 0 Å². The van der Waals surface area contributed by atoms with E-state index < -0.39 is 0 Å². The van der Waals surface area contributed by atoms with Crippen molar-refractivity contribution in [1.82, 2.24) is 0 Å². The number of nitrogens with zero attached hydrogens (tertiary/aromatic N) is 1. The Morgan fingerprint density at radius 2 is 2.15 bits per heavy atom. The van der Waals surface area contributed by atoms with Crippen molar-refractivity contribution < 1.29 is 0 Å². The predicted molar refractivity (Wildman–Crippen MR) is 57.9 cm³/mol. The molecular weight excluding hydrogens is 160 g/mol. The maximum absolute atomic E-state index is 5.57. The van der Waals surface area contributed by atoms with Gasteiger partial charge in [-0.3, -0.25) is 0 Å². The summed E-state index contributed by atoms with van der Waals surface area (Å²) in [6, 6.07) is 8.39. The summed E-state index contributed by atoms with van der Waals surface area (Å²) in [6.45, 7) is 3.89. The zero-order valence-electron chi connectivity index (χ0n) is 8.46. The molecule has 2 nitrogen and oxygen atoms in total. The number of nitrogens with two attached hydrogens (primary N) is 1. The molecule has 1 rings (SSSR count). The lowest BCUT2D eigenvalue weighted by molar-refractivity contribution is 0.851. The molecule has 0 spiro atoms. The van der Waals surface area contributed by atoms with Gasteiger partial charge in [0.05, 0.1) is 0 Å². The molecule has 2 heteroatoms. The summed E-state index contributed by atoms with van der Waals surface area (Å²) >= 11 is 0. The van der Waals surface area contributed by atoms with E-state index in [-0.39, 0.29) is 0 Å². The molecule has 0 bridgehead atoms. The molecule has 0 aliphatic heterocycles. The highest BCUT2D eigenvalue weighted by molar-refractivity contribution is 5.47. The van der Waals surface area contributed by atoms with Gasteiger partial charge in [0.25, 0.3) is 0 Å². The first-order chi connectivity index (χ1) is 6.27. The first kappa shape index (κ1) is 10.1. The van der Waals surface area contributed by atoms with Crippen molar-refractivity contribution in [3.8, 4) is 0 Å². The lowest BCUT2D eigenvalue weighted by Gasteiger charge is -2.18. The standard InChI is InChI=1S/C11H18N2/c1-3-7-13(2)11-6-4-5-10(8-11)9-12/h4-6,8H,3,7,9,12H2,1-2H3. The van der Waals surface area contributed by atoms with Crippen LogP contribution in [0.5, 0.6) is 0 Å². The van der Waals surface area contributed by atoms with Crippen LogP contribution < -0.4 is 10.6 Å². The normalized spacial score (nSPS) is 10.1. The lowest BCUT2D eigenvalue weighted by Crippen LogP contribution is -2.17. The Balaban J connectivity index is 2.75. The van der Waals surface area contributed by atoms with Crippen LogP contribution in [0.2, 0.25) is 0 Å². The van der Waals surface area contributed by atoms with Crippen LogP contribution >= 0.6 is 0 Å². The average molecular weight is 178 g/mol. The third-order valence-corrected chi connectivity index (χ3v) is 2.15. The molecule has 0 aliphatic rings. The largest absolute Gasteiger partial charge is 0.375 e. The molecule has 0 amide bonds. The van der Waals surface area contributed by atoms with Gasteiger partial charge in [-0.15, -0.1) is 0 Å². The molecule has 13 heavy (non-hydrogen) atoms. The summed E-state index contributed by atoms with van der Waals surface area (Å²) < 4.78 is 0. The van der Waals surface area contributed by atoms with Crippen LogP contribution in [0.1, 0.15) is 18.9 Å². The second kappa shape index (κ2) is 4.87. The Hall–Kier alpha value is -1.02. The Bertz CT molecular complexity index is 258. The van der Waals surface area contributed by atoms with E-state index in [1.54, 1.807) is 0 Å². The highest BCUT2D eigenvalue weighted by Gasteiger charge is 1.99. The summed E-state index contributed by atoms with van der Waals surface area (Å²) in [6.07, 6.45) is 1.17. The molecule has 0 fully saturated rings. The van der Waals surface area contributed by atoms with Gasteiger partial charge in [0, 0.05) is 25.8 Å². The minimum atomic E-state index is 0.619. The second-order valence-electron chi connectivity index (χ2n) is 3.30. The molecule has 0 radical (unpaired) electrons. The first-order valence-electron chi connectivity index (χ1n) is 4.78. The van der Waals surface area contributed by atoms with E-state index in [1.165, 1.54) is 17.7 Å². The molecule has 0 heterocycles. The van der Waals surface area contributed by atoms with E-state index in [9.17, 15) is 0 Å². The SMILES string of the molecule is CCCN(C)c1cccc(CN)c1. The van der Waals surface area contributed by atoms with Crippen molar-refractivity contribution in [3.63, 3.8) is 0 Å². The molecule has 72 valence electrons. The van der Waals surface area contributed by atoms with Gasteiger partial charge in [0.2, 0.25) is 0 Å². The van der Waals surface area contributed by atoms with E-state index in [4.69, 9.17) is 5.73 Å². The first-order valence-corrected chi connectivity index (χ1v) is 4.78. The van der Waals surface area contributed by atoms with E-state index in [1.807, 2.05) is 0 Å². The fourth-order valence-electron chi connectivity index (χ4n) is 1.39. The van der Waals surface area contributed by atoms with Crippen LogP contribution in [-0.2, 0) is 6.54 Å². The van der Waals surface area contributed by atoms with Crippen molar-refractivity contribution in [2.75, 3.05) is 18.5 Å². The van der Waals surface area contributed by atoms with Gasteiger partial charge in [-0.05, 0) is 24.1 Å². The van der Waals surface area contributed by atoms with Crippen LogP contribution in [0, 0.1) is 0 Å². The molecule has 1 aromatic carbocycles. The topological polar surface area (TPSA) is 29.3 Å². The zero-order valence-corrected chi connectivity index (χ0v) is 8.46. The van der Waals surface area contributed by atoms with Crippen molar-refractivity contribution in [3.05, 3.63) is 29.8 Å². The minimum Gasteiger partial charge on any atom is -0.375 e. The van der Waals surface area contributed by atoms with Crippen LogP contribution in [0.4, 0.5) is 5.69 Å². The molecular formula is C11H18N2. The highest BCUT2D eigenvalue weighted by atomic mass is 15.1. The lowest BCUT2D eigenvalue weighted by atomic mass is 10.2. The van der Waals surface area contributed by atoms with Gasteiger partial charge in [-0.1, -0.05) is 19.1 Å². The molecule has 0 unspecified atom stereocenters. The summed E-state index contributed by atoms with van der Waals surface area (Å²) in [4.78, 5) is 2.25. The summed E-state index contributed by atoms with van der Waals surface area (Å²) in [5, 5.41) is 0. The maximum Gasteiger partial charge on any atom is 0.0366 e. The van der Waals surface area contributed by atoms with Crippen LogP contribution in [0.25, 0.3) is 0 Å². The second-order valence-corrected chi connectivity index (χ2v) is 3.30. The smallest absolute Gasteiger partial charge is 0.0366 e. The average Bonchev–Trinajstić information content (AvgIpc) is 2.18. The maximum atomic E-state index is 5.57. The monoisotopic (exact) mass is 178 g/mol. The number of rotatable bonds is 4. The van der Waals surface area contributed by atoms with E-state index in [0.29, 0.717) is 6.54 Å². The number of hydrogen-bond acceptors (Lipinski definition) is 2. The molecule has 0 aromatic heterocycles. The Kier molecular flexibility index (Phi) is 3.77. The van der Waals surface area contributed by atoms with Crippen molar-refractivity contribution in [2.45, 2.75) is 19.9 Å². The zero-order chi connectivity index (χ0) is 9.68. The van der Waals surface area contributed by atoms with Gasteiger partial charge < -0.3 is 10.6 Å². The van der Waals surface area contributed by atoms with Crippen molar-refractivity contribution in [1.29, 1.82) is 0 Å². The fourth-order valence-corrected chi connectivity index (χ4v) is 1.39. The summed E-state index contributed by atoms with van der Waals surface area (Å²) in [5.41, 5.74) is 8.02. The summed E-state index contributed by atoms with van der Waals surface area (Å²) in [5.74, 6) is 0. The number of benzene rings is 1. The Morgan fingerprint density at radius 3 is 2.77 bits per heavy atom. The number of anilines is 1. The van der Waals surface area contributed by atoms with Gasteiger partial charge in [0.15, 0.2) is 0 Å². The molecule has 0 saturated carbocycles. The van der Waals surface area contributed by atoms with Crippen molar-refractivity contribution in [2.24, 2.45) is 5.73 Å². The molecule has 2 N–H and O–H groups in total. The van der Waals surface area contributed by atoms with Crippen LogP contribution in [0.15, 0.2) is 24.3 Å². The van der Waals surface area contributed by atoms with Gasteiger partial charge >= 0.3 is 0 Å². The molecule has 1 aromatic rings. The third kappa shape index (κ3) is 2.74. The van der Waals surface area contributed by atoms with E-state index >= 15 is 0 Å². The van der Waals surface area contributed by atoms with Crippen LogP contribution in [0.3, 0.4) is 0 Å². The van der Waals surface area contributed by atoms with E-state index in [2.05, 4.69) is 43.1 Å². The van der Waals surface area contributed by atoms with Crippen molar-refractivity contribution >= 4 is 5.69 Å². The number of hydrogen-bond donors (Lipinski definition) is 1. The molecule has 0 atom stereocenters. The molecule has 0 aliphatic carbocycles. The summed E-state index contributed by atoms with van der Waals surface area (Å²) in [7, 11) is 2.11. The Labute approximate surface area is 80.4 Å². The van der Waals surface area contributed by atoms with Crippen LogP contribution in [-0.4, -0.2) is 13.6 Å². The third-order valence-electron chi connectivity index (χ3n) is 2.15. The highest BCUT2D eigenvalue weighted by Crippen LogP contribution is 2.14. The quantitative estimate of drug-likeness (QED) is 0.764. The van der Waals surface area contributed by atoms with E-state index in [0.717, 1.165) is 6.54 Å². The predicted octanol–water partition coefficient (Wildman–Crippen LogP) is 1.99. The van der Waals surface area contributed by atoms with Gasteiger partial charge in [-0.25, -0.2) is 0 Å². The molecule has 0 saturated heterocycles. The van der Waals surface area contributed by atoms with Gasteiger partial charge in [-0.2, -0.15) is 0 Å². The Morgan fingerprint density at radius 1 is 1.38 bits per heavy atom. The fraction of sp³-hybridized carbons (Fsp3) is 0.455.